The highest BCUT2D eigenvalue weighted by Gasteiger charge is 2.19. The van der Waals surface area contributed by atoms with Crippen LogP contribution in [0.3, 0.4) is 0 Å². The van der Waals surface area contributed by atoms with Crippen molar-refractivity contribution in [3.05, 3.63) is 23.8 Å². The zero-order valence-electron chi connectivity index (χ0n) is 9.62. The van der Waals surface area contributed by atoms with Crippen LogP contribution in [0, 0.1) is 0 Å². The summed E-state index contributed by atoms with van der Waals surface area (Å²) in [6.07, 6.45) is -0.0216. The fraction of sp³-hybridized carbons (Fsp3) is 0.273. The van der Waals surface area contributed by atoms with Crippen LogP contribution in [0.25, 0.3) is 0 Å². The van der Waals surface area contributed by atoms with E-state index in [0.717, 1.165) is 13.0 Å². The van der Waals surface area contributed by atoms with Gasteiger partial charge in [-0.05, 0) is 11.6 Å². The van der Waals surface area contributed by atoms with Crippen LogP contribution in [0.4, 0.5) is 0 Å². The molecular weight excluding hydrogens is 242 g/mol. The number of benzene rings is 1. The van der Waals surface area contributed by atoms with Gasteiger partial charge < -0.3 is 15.9 Å². The lowest BCUT2D eigenvalue weighted by Crippen LogP contribution is -2.34. The van der Waals surface area contributed by atoms with Crippen molar-refractivity contribution in [2.75, 3.05) is 0 Å². The van der Waals surface area contributed by atoms with Crippen LogP contribution < -0.4 is 5.73 Å². The third-order valence-electron chi connectivity index (χ3n) is 2.05. The van der Waals surface area contributed by atoms with Gasteiger partial charge >= 0.3 is 11.9 Å². The molecule has 18 heavy (non-hydrogen) atoms. The van der Waals surface area contributed by atoms with E-state index >= 15 is 0 Å². The van der Waals surface area contributed by atoms with E-state index < -0.39 is 18.0 Å². The van der Waals surface area contributed by atoms with Gasteiger partial charge in [0.1, 0.15) is 17.5 Å². The molecule has 0 aliphatic carbocycles. The number of hydrogen-bond acceptors (Lipinski definition) is 7. The summed E-state index contributed by atoms with van der Waals surface area (Å²) in [6.45, 7) is 1.07. The van der Waals surface area contributed by atoms with Crippen LogP contribution in [0.15, 0.2) is 18.2 Å². The highest BCUT2D eigenvalue weighted by atomic mass is 17.2. The van der Waals surface area contributed by atoms with Gasteiger partial charge in [0.15, 0.2) is 0 Å². The van der Waals surface area contributed by atoms with E-state index in [1.54, 1.807) is 0 Å². The molecule has 0 aliphatic heterocycles. The van der Waals surface area contributed by atoms with Crippen molar-refractivity contribution >= 4 is 11.9 Å². The predicted molar refractivity (Wildman–Crippen MR) is 59.3 cm³/mol. The summed E-state index contributed by atoms with van der Waals surface area (Å²) < 4.78 is 0. The third-order valence-corrected chi connectivity index (χ3v) is 2.05. The SMILES string of the molecule is CC(=O)OOC(=O)C(N)Cc1ccc(O)cc1O. The number of phenols is 2. The fourth-order valence-electron chi connectivity index (χ4n) is 1.21. The van der Waals surface area contributed by atoms with Crippen LogP contribution in [0.5, 0.6) is 11.5 Å². The Bertz CT molecular complexity index is 459. The molecule has 0 amide bonds. The lowest BCUT2D eigenvalue weighted by Gasteiger charge is -2.10. The Morgan fingerprint density at radius 2 is 2.00 bits per heavy atom. The molecule has 1 rings (SSSR count). The molecule has 0 aliphatic rings. The van der Waals surface area contributed by atoms with Crippen molar-refractivity contribution in [3.63, 3.8) is 0 Å². The molecule has 0 fully saturated rings. The summed E-state index contributed by atoms with van der Waals surface area (Å²) in [6, 6.07) is 2.79. The molecule has 0 aromatic heterocycles. The summed E-state index contributed by atoms with van der Waals surface area (Å²) in [5, 5.41) is 18.6. The van der Waals surface area contributed by atoms with Gasteiger partial charge in [0.05, 0.1) is 0 Å². The minimum Gasteiger partial charge on any atom is -0.508 e. The molecule has 0 spiro atoms. The molecule has 1 aromatic carbocycles. The molecule has 7 heteroatoms. The van der Waals surface area contributed by atoms with Crippen molar-refractivity contribution in [2.45, 2.75) is 19.4 Å². The summed E-state index contributed by atoms with van der Waals surface area (Å²) in [5.74, 6) is -2.00. The van der Waals surface area contributed by atoms with E-state index in [1.807, 2.05) is 0 Å². The first-order chi connectivity index (χ1) is 8.40. The first-order valence-electron chi connectivity index (χ1n) is 5.05. The Balaban J connectivity index is 2.60. The molecular formula is C11H13NO6. The van der Waals surface area contributed by atoms with E-state index in [9.17, 15) is 14.7 Å². The molecule has 0 saturated carbocycles. The van der Waals surface area contributed by atoms with Crippen molar-refractivity contribution < 1.29 is 29.6 Å². The molecule has 4 N–H and O–H groups in total. The molecule has 1 aromatic rings. The molecule has 0 saturated heterocycles. The maximum absolute atomic E-state index is 11.3. The van der Waals surface area contributed by atoms with Crippen molar-refractivity contribution in [2.24, 2.45) is 5.73 Å². The molecule has 98 valence electrons. The van der Waals surface area contributed by atoms with E-state index in [1.165, 1.54) is 12.1 Å². The van der Waals surface area contributed by atoms with Crippen molar-refractivity contribution in [1.29, 1.82) is 0 Å². The van der Waals surface area contributed by atoms with Crippen molar-refractivity contribution in [3.8, 4) is 11.5 Å². The molecule has 1 atom stereocenters. The van der Waals surface area contributed by atoms with Gasteiger partial charge in [0, 0.05) is 19.4 Å². The Morgan fingerprint density at radius 3 is 2.56 bits per heavy atom. The van der Waals surface area contributed by atoms with Gasteiger partial charge in [-0.3, -0.25) is 0 Å². The second-order valence-corrected chi connectivity index (χ2v) is 3.60. The second-order valence-electron chi connectivity index (χ2n) is 3.60. The van der Waals surface area contributed by atoms with Crippen LogP contribution in [-0.2, 0) is 25.8 Å². The van der Waals surface area contributed by atoms with Gasteiger partial charge in [-0.25, -0.2) is 19.4 Å². The average molecular weight is 255 g/mol. The normalized spacial score (nSPS) is 11.7. The summed E-state index contributed by atoms with van der Waals surface area (Å²) in [5.41, 5.74) is 5.86. The fourth-order valence-corrected chi connectivity index (χ4v) is 1.21. The number of nitrogens with two attached hydrogens (primary N) is 1. The van der Waals surface area contributed by atoms with Crippen LogP contribution in [-0.4, -0.2) is 28.2 Å². The second kappa shape index (κ2) is 5.87. The Hall–Kier alpha value is -2.28. The molecule has 0 radical (unpaired) electrons. The third kappa shape index (κ3) is 3.95. The van der Waals surface area contributed by atoms with Gasteiger partial charge in [0.25, 0.3) is 0 Å². The molecule has 1 unspecified atom stereocenters. The quantitative estimate of drug-likeness (QED) is 0.513. The first-order valence-corrected chi connectivity index (χ1v) is 5.05. The van der Waals surface area contributed by atoms with Crippen LogP contribution in [0.1, 0.15) is 12.5 Å². The Labute approximate surface area is 103 Å². The monoisotopic (exact) mass is 255 g/mol. The van der Waals surface area contributed by atoms with E-state index in [-0.39, 0.29) is 17.9 Å². The van der Waals surface area contributed by atoms with Crippen molar-refractivity contribution in [1.82, 2.24) is 0 Å². The number of rotatable bonds is 3. The molecule has 0 heterocycles. The van der Waals surface area contributed by atoms with Crippen LogP contribution in [0.2, 0.25) is 0 Å². The van der Waals surface area contributed by atoms with Gasteiger partial charge in [-0.2, -0.15) is 0 Å². The van der Waals surface area contributed by atoms with E-state index in [0.29, 0.717) is 5.56 Å². The van der Waals surface area contributed by atoms with Gasteiger partial charge in [-0.15, -0.1) is 0 Å². The number of carbonyl (C=O) groups is 2. The molecule has 7 nitrogen and oxygen atoms in total. The number of phenolic OH excluding ortho intramolecular Hbond substituents is 2. The maximum Gasteiger partial charge on any atom is 0.372 e. The van der Waals surface area contributed by atoms with E-state index in [4.69, 9.17) is 10.8 Å². The average Bonchev–Trinajstić information content (AvgIpc) is 2.29. The lowest BCUT2D eigenvalue weighted by molar-refractivity contribution is -0.258. The number of hydrogen-bond donors (Lipinski definition) is 3. The highest BCUT2D eigenvalue weighted by molar-refractivity contribution is 5.76. The summed E-state index contributed by atoms with van der Waals surface area (Å²) in [4.78, 5) is 29.9. The number of carbonyl (C=O) groups excluding carboxylic acids is 2. The van der Waals surface area contributed by atoms with Gasteiger partial charge in [-0.1, -0.05) is 6.07 Å². The smallest absolute Gasteiger partial charge is 0.372 e. The zero-order valence-corrected chi connectivity index (χ0v) is 9.62. The number of aromatic hydroxyl groups is 2. The standard InChI is InChI=1S/C11H13NO6/c1-6(13)17-18-11(16)9(12)4-7-2-3-8(14)5-10(7)15/h2-3,5,9,14-15H,4,12H2,1H3. The molecule has 0 bridgehead atoms. The zero-order chi connectivity index (χ0) is 13.7. The lowest BCUT2D eigenvalue weighted by atomic mass is 10.1. The maximum atomic E-state index is 11.3. The van der Waals surface area contributed by atoms with E-state index in [2.05, 4.69) is 9.78 Å². The topological polar surface area (TPSA) is 119 Å². The predicted octanol–water partition coefficient (Wildman–Crippen LogP) is -0.0111. The highest BCUT2D eigenvalue weighted by Crippen LogP contribution is 2.23. The van der Waals surface area contributed by atoms with Crippen LogP contribution >= 0.6 is 0 Å². The minimum atomic E-state index is -1.10. The summed E-state index contributed by atoms with van der Waals surface area (Å²) in [7, 11) is 0. The minimum absolute atomic E-state index is 0.0216. The Kier molecular flexibility index (Phi) is 4.50. The Morgan fingerprint density at radius 1 is 1.33 bits per heavy atom. The summed E-state index contributed by atoms with van der Waals surface area (Å²) >= 11 is 0. The van der Waals surface area contributed by atoms with Gasteiger partial charge in [0.2, 0.25) is 0 Å². The largest absolute Gasteiger partial charge is 0.508 e. The first kappa shape index (κ1) is 13.8.